The van der Waals surface area contributed by atoms with Crippen LogP contribution in [0, 0.1) is 6.92 Å². The van der Waals surface area contributed by atoms with E-state index in [0.29, 0.717) is 5.69 Å². The van der Waals surface area contributed by atoms with Gasteiger partial charge >= 0.3 is 6.18 Å². The SMILES string of the molecule is Cc1c(S(=O)(=O)N2CCC(c3cn4ncnc4cc3C(F)(F)F)CC2)c(Cl)nn1C. The van der Waals surface area contributed by atoms with Gasteiger partial charge in [0.2, 0.25) is 10.0 Å². The zero-order valence-corrected chi connectivity index (χ0v) is 17.6. The number of rotatable bonds is 3. The van der Waals surface area contributed by atoms with Crippen molar-refractivity contribution in [2.24, 2.45) is 7.05 Å². The minimum atomic E-state index is -4.55. The van der Waals surface area contributed by atoms with Gasteiger partial charge in [-0.25, -0.2) is 17.9 Å². The molecule has 1 saturated heterocycles. The van der Waals surface area contributed by atoms with Gasteiger partial charge in [-0.05, 0) is 37.3 Å². The third kappa shape index (κ3) is 3.46. The number of alkyl halides is 3. The molecule has 0 aliphatic carbocycles. The van der Waals surface area contributed by atoms with Crippen molar-refractivity contribution in [1.29, 1.82) is 0 Å². The van der Waals surface area contributed by atoms with E-state index in [4.69, 9.17) is 11.6 Å². The highest BCUT2D eigenvalue weighted by molar-refractivity contribution is 7.89. The predicted molar refractivity (Wildman–Crippen MR) is 102 cm³/mol. The molecule has 0 aromatic carbocycles. The summed E-state index contributed by atoms with van der Waals surface area (Å²) < 4.78 is 70.9. The summed E-state index contributed by atoms with van der Waals surface area (Å²) >= 11 is 6.02. The first-order valence-corrected chi connectivity index (χ1v) is 10.9. The molecule has 0 unspecified atom stereocenters. The van der Waals surface area contributed by atoms with Crippen molar-refractivity contribution in [3.05, 3.63) is 40.6 Å². The number of piperidine rings is 1. The first kappa shape index (κ1) is 21.1. The zero-order valence-electron chi connectivity index (χ0n) is 16.1. The molecule has 1 aliphatic heterocycles. The van der Waals surface area contributed by atoms with Crippen LogP contribution in [-0.2, 0) is 23.2 Å². The van der Waals surface area contributed by atoms with Crippen LogP contribution in [0.1, 0.15) is 35.6 Å². The van der Waals surface area contributed by atoms with E-state index in [-0.39, 0.29) is 47.2 Å². The Bertz CT molecular complexity index is 1210. The normalized spacial score (nSPS) is 17.1. The average molecular weight is 463 g/mol. The van der Waals surface area contributed by atoms with Crippen molar-refractivity contribution in [2.45, 2.75) is 36.8 Å². The number of hydrogen-bond donors (Lipinski definition) is 0. The van der Waals surface area contributed by atoms with Crippen LogP contribution in [0.5, 0.6) is 0 Å². The van der Waals surface area contributed by atoms with Crippen molar-refractivity contribution >= 4 is 27.3 Å². The van der Waals surface area contributed by atoms with Gasteiger partial charge in [0.05, 0.1) is 11.3 Å². The van der Waals surface area contributed by atoms with Crippen LogP contribution in [0.4, 0.5) is 13.2 Å². The molecule has 162 valence electrons. The molecule has 0 radical (unpaired) electrons. The first-order chi connectivity index (χ1) is 14.0. The average Bonchev–Trinajstić information content (AvgIpc) is 3.23. The van der Waals surface area contributed by atoms with Gasteiger partial charge in [0.15, 0.2) is 10.8 Å². The summed E-state index contributed by atoms with van der Waals surface area (Å²) in [6.45, 7) is 1.75. The lowest BCUT2D eigenvalue weighted by Crippen LogP contribution is -2.38. The van der Waals surface area contributed by atoms with Crippen LogP contribution in [-0.4, -0.2) is 50.2 Å². The fourth-order valence-electron chi connectivity index (χ4n) is 3.82. The summed E-state index contributed by atoms with van der Waals surface area (Å²) in [6, 6.07) is 0.976. The lowest BCUT2D eigenvalue weighted by molar-refractivity contribution is -0.138. The Hall–Kier alpha value is -2.18. The van der Waals surface area contributed by atoms with Crippen LogP contribution < -0.4 is 0 Å². The summed E-state index contributed by atoms with van der Waals surface area (Å²) in [5, 5.41) is 7.74. The summed E-state index contributed by atoms with van der Waals surface area (Å²) in [7, 11) is -2.32. The third-order valence-electron chi connectivity index (χ3n) is 5.48. The Morgan fingerprint density at radius 3 is 2.47 bits per heavy atom. The van der Waals surface area contributed by atoms with Crippen molar-refractivity contribution in [3.8, 4) is 0 Å². The molecule has 4 heterocycles. The molecular formula is C17H18ClF3N6O2S. The van der Waals surface area contributed by atoms with E-state index in [1.165, 1.54) is 26.0 Å². The number of sulfonamides is 1. The monoisotopic (exact) mass is 462 g/mol. The molecule has 0 atom stereocenters. The maximum absolute atomic E-state index is 13.6. The quantitative estimate of drug-likeness (QED) is 0.597. The summed E-state index contributed by atoms with van der Waals surface area (Å²) in [4.78, 5) is 3.75. The first-order valence-electron chi connectivity index (χ1n) is 9.10. The molecule has 1 aliphatic rings. The fraction of sp³-hybridized carbons (Fsp3) is 0.471. The molecule has 13 heteroatoms. The van der Waals surface area contributed by atoms with Gasteiger partial charge in [0.25, 0.3) is 0 Å². The third-order valence-corrected chi connectivity index (χ3v) is 7.91. The van der Waals surface area contributed by atoms with Gasteiger partial charge in [-0.1, -0.05) is 11.6 Å². The lowest BCUT2D eigenvalue weighted by atomic mass is 9.88. The van der Waals surface area contributed by atoms with Crippen molar-refractivity contribution in [1.82, 2.24) is 28.7 Å². The number of halogens is 4. The van der Waals surface area contributed by atoms with Gasteiger partial charge < -0.3 is 0 Å². The van der Waals surface area contributed by atoms with E-state index in [0.717, 1.165) is 6.07 Å². The molecule has 0 N–H and O–H groups in total. The second kappa shape index (κ2) is 7.20. The van der Waals surface area contributed by atoms with Crippen LogP contribution in [0.25, 0.3) is 5.65 Å². The van der Waals surface area contributed by atoms with E-state index in [1.807, 2.05) is 0 Å². The van der Waals surface area contributed by atoms with E-state index in [9.17, 15) is 21.6 Å². The lowest BCUT2D eigenvalue weighted by Gasteiger charge is -2.32. The second-order valence-electron chi connectivity index (χ2n) is 7.21. The highest BCUT2D eigenvalue weighted by Gasteiger charge is 2.39. The number of hydrogen-bond acceptors (Lipinski definition) is 5. The van der Waals surface area contributed by atoms with E-state index in [1.54, 1.807) is 14.0 Å². The largest absolute Gasteiger partial charge is 0.416 e. The van der Waals surface area contributed by atoms with Crippen LogP contribution in [0.15, 0.2) is 23.5 Å². The number of pyridine rings is 1. The van der Waals surface area contributed by atoms with Crippen molar-refractivity contribution < 1.29 is 21.6 Å². The molecule has 3 aromatic rings. The molecule has 0 amide bonds. The summed E-state index contributed by atoms with van der Waals surface area (Å²) in [5.41, 5.74) is -0.172. The number of nitrogens with zero attached hydrogens (tertiary/aromatic N) is 6. The molecule has 0 spiro atoms. The minimum absolute atomic E-state index is 0.0647. The Kier molecular flexibility index (Phi) is 5.06. The van der Waals surface area contributed by atoms with Crippen LogP contribution >= 0.6 is 11.6 Å². The Morgan fingerprint density at radius 2 is 1.90 bits per heavy atom. The van der Waals surface area contributed by atoms with E-state index >= 15 is 0 Å². The maximum atomic E-state index is 13.6. The predicted octanol–water partition coefficient (Wildman–Crippen LogP) is 3.01. The molecule has 0 saturated carbocycles. The van der Waals surface area contributed by atoms with Gasteiger partial charge in [-0.2, -0.15) is 27.7 Å². The molecular weight excluding hydrogens is 445 g/mol. The van der Waals surface area contributed by atoms with E-state index < -0.39 is 27.7 Å². The Balaban J connectivity index is 1.62. The number of fused-ring (bicyclic) bond motifs is 1. The standard InChI is InChI=1S/C17H18ClF3N6O2S/c1-10-15(16(18)24-25(10)2)30(28,29)26-5-3-11(4-6-26)12-8-27-14(22-9-23-27)7-13(12)17(19,20)21/h7-9,11H,3-6H2,1-2H3. The van der Waals surface area contributed by atoms with E-state index in [2.05, 4.69) is 15.2 Å². The van der Waals surface area contributed by atoms with Gasteiger partial charge in [-0.15, -0.1) is 0 Å². The van der Waals surface area contributed by atoms with Crippen LogP contribution in [0.3, 0.4) is 0 Å². The second-order valence-corrected chi connectivity index (χ2v) is 9.44. The van der Waals surface area contributed by atoms with Gasteiger partial charge in [-0.3, -0.25) is 4.68 Å². The van der Waals surface area contributed by atoms with Gasteiger partial charge in [0, 0.05) is 26.3 Å². The molecule has 3 aromatic heterocycles. The molecule has 8 nitrogen and oxygen atoms in total. The topological polar surface area (TPSA) is 85.4 Å². The van der Waals surface area contributed by atoms with Crippen molar-refractivity contribution in [2.75, 3.05) is 13.1 Å². The Labute approximate surface area is 175 Å². The summed E-state index contributed by atoms with van der Waals surface area (Å²) in [6.07, 6.45) is -1.55. The maximum Gasteiger partial charge on any atom is 0.416 e. The molecule has 1 fully saturated rings. The Morgan fingerprint density at radius 1 is 1.23 bits per heavy atom. The zero-order chi connectivity index (χ0) is 21.8. The fourth-order valence-corrected chi connectivity index (χ4v) is 6.08. The highest BCUT2D eigenvalue weighted by atomic mass is 35.5. The van der Waals surface area contributed by atoms with Crippen LogP contribution in [0.2, 0.25) is 5.15 Å². The number of aromatic nitrogens is 5. The van der Waals surface area contributed by atoms with Gasteiger partial charge in [0.1, 0.15) is 11.2 Å². The molecule has 0 bridgehead atoms. The minimum Gasteiger partial charge on any atom is -0.270 e. The number of aryl methyl sites for hydroxylation is 1. The summed E-state index contributed by atoms with van der Waals surface area (Å²) in [5.74, 6) is -0.466. The smallest absolute Gasteiger partial charge is 0.270 e. The molecule has 4 rings (SSSR count). The highest BCUT2D eigenvalue weighted by Crippen LogP contribution is 2.40. The van der Waals surface area contributed by atoms with Crippen molar-refractivity contribution in [3.63, 3.8) is 0 Å². The molecule has 30 heavy (non-hydrogen) atoms.